The Hall–Kier alpha value is -1.35. The Morgan fingerprint density at radius 2 is 2.21 bits per heavy atom. The number of aromatic nitrogens is 2. The van der Waals surface area contributed by atoms with Gasteiger partial charge in [0.2, 0.25) is 0 Å². The average molecular weight is 189 g/mol. The molecule has 2 rings (SSSR count). The van der Waals surface area contributed by atoms with Crippen LogP contribution in [0.2, 0.25) is 0 Å². The molecule has 1 heterocycles. The predicted molar refractivity (Wildman–Crippen MR) is 58.0 cm³/mol. The Morgan fingerprint density at radius 1 is 1.43 bits per heavy atom. The van der Waals surface area contributed by atoms with Gasteiger partial charge in [-0.25, -0.2) is 0 Å². The van der Waals surface area contributed by atoms with Crippen LogP contribution in [0.4, 0.5) is 0 Å². The monoisotopic (exact) mass is 189 g/mol. The van der Waals surface area contributed by atoms with Gasteiger partial charge in [-0.3, -0.25) is 4.68 Å². The Labute approximate surface area is 83.5 Å². The van der Waals surface area contributed by atoms with E-state index in [2.05, 4.69) is 37.1 Å². The number of aryl methyl sites for hydroxylation is 2. The molecule has 0 spiro atoms. The molecule has 0 aliphatic rings. The fourth-order valence-electron chi connectivity index (χ4n) is 1.77. The minimum Gasteiger partial charge on any atom is -0.325 e. The number of nitrogens with two attached hydrogens (primary N) is 1. The molecule has 2 N–H and O–H groups in total. The molecule has 14 heavy (non-hydrogen) atoms. The topological polar surface area (TPSA) is 43.8 Å². The molecule has 0 unspecified atom stereocenters. The fourth-order valence-corrected chi connectivity index (χ4v) is 1.77. The number of hydrogen-bond acceptors (Lipinski definition) is 2. The summed E-state index contributed by atoms with van der Waals surface area (Å²) >= 11 is 0. The highest BCUT2D eigenvalue weighted by molar-refractivity contribution is 5.82. The van der Waals surface area contributed by atoms with Crippen LogP contribution in [0.1, 0.15) is 18.2 Å². The third-order valence-electron chi connectivity index (χ3n) is 2.50. The lowest BCUT2D eigenvalue weighted by Gasteiger charge is -2.00. The number of nitrogens with zero attached hydrogens (tertiary/aromatic N) is 2. The highest BCUT2D eigenvalue weighted by Gasteiger charge is 2.07. The molecule has 0 aliphatic carbocycles. The molecule has 74 valence electrons. The molecule has 0 bridgehead atoms. The Morgan fingerprint density at radius 3 is 2.86 bits per heavy atom. The molecule has 1 aromatic heterocycles. The smallest absolute Gasteiger partial charge is 0.0926 e. The van der Waals surface area contributed by atoms with Crippen molar-refractivity contribution in [3.8, 4) is 0 Å². The summed E-state index contributed by atoms with van der Waals surface area (Å²) < 4.78 is 1.98. The lowest BCUT2D eigenvalue weighted by Crippen LogP contribution is -2.07. The summed E-state index contributed by atoms with van der Waals surface area (Å²) in [5.41, 5.74) is 9.15. The highest BCUT2D eigenvalue weighted by atomic mass is 15.3. The van der Waals surface area contributed by atoms with Gasteiger partial charge >= 0.3 is 0 Å². The van der Waals surface area contributed by atoms with Gasteiger partial charge in [-0.15, -0.1) is 0 Å². The molecule has 0 saturated heterocycles. The Kier molecular flexibility index (Phi) is 2.25. The summed E-state index contributed by atoms with van der Waals surface area (Å²) in [6.45, 7) is 5.59. The van der Waals surface area contributed by atoms with Gasteiger partial charge in [0.05, 0.1) is 11.2 Å². The van der Waals surface area contributed by atoms with Crippen molar-refractivity contribution < 1.29 is 0 Å². The van der Waals surface area contributed by atoms with Gasteiger partial charge < -0.3 is 5.73 Å². The molecule has 0 fully saturated rings. The van der Waals surface area contributed by atoms with Crippen LogP contribution in [-0.2, 0) is 13.1 Å². The van der Waals surface area contributed by atoms with Crippen LogP contribution in [-0.4, -0.2) is 9.78 Å². The van der Waals surface area contributed by atoms with Crippen molar-refractivity contribution in [2.45, 2.75) is 26.9 Å². The molecule has 0 amide bonds. The number of fused-ring (bicyclic) bond motifs is 1. The molecule has 0 saturated carbocycles. The van der Waals surface area contributed by atoms with E-state index in [9.17, 15) is 0 Å². The van der Waals surface area contributed by atoms with E-state index >= 15 is 0 Å². The van der Waals surface area contributed by atoms with Gasteiger partial charge in [-0.1, -0.05) is 11.6 Å². The molecule has 2 aromatic rings. The zero-order chi connectivity index (χ0) is 10.1. The van der Waals surface area contributed by atoms with Crippen LogP contribution in [0.3, 0.4) is 0 Å². The summed E-state index contributed by atoms with van der Waals surface area (Å²) in [7, 11) is 0. The second-order valence-corrected chi connectivity index (χ2v) is 3.49. The molecule has 3 nitrogen and oxygen atoms in total. The van der Waals surface area contributed by atoms with Gasteiger partial charge in [-0.05, 0) is 26.0 Å². The van der Waals surface area contributed by atoms with Crippen molar-refractivity contribution >= 4 is 10.9 Å². The summed E-state index contributed by atoms with van der Waals surface area (Å²) in [4.78, 5) is 0. The SMILES string of the molecule is CCn1nc2ccc(C)cc2c1CN. The minimum atomic E-state index is 0.549. The molecule has 0 aliphatic heterocycles. The van der Waals surface area contributed by atoms with Crippen molar-refractivity contribution in [3.63, 3.8) is 0 Å². The first-order valence-corrected chi connectivity index (χ1v) is 4.92. The summed E-state index contributed by atoms with van der Waals surface area (Å²) in [6.07, 6.45) is 0. The normalized spacial score (nSPS) is 11.1. The largest absolute Gasteiger partial charge is 0.325 e. The summed E-state index contributed by atoms with van der Waals surface area (Å²) in [6, 6.07) is 6.28. The highest BCUT2D eigenvalue weighted by Crippen LogP contribution is 2.19. The van der Waals surface area contributed by atoms with Crippen LogP contribution in [0.5, 0.6) is 0 Å². The van der Waals surface area contributed by atoms with Crippen molar-refractivity contribution in [2.24, 2.45) is 5.73 Å². The standard InChI is InChI=1S/C11H15N3/c1-3-14-11(7-12)9-6-8(2)4-5-10(9)13-14/h4-6H,3,7,12H2,1-2H3. The van der Waals surface area contributed by atoms with E-state index in [4.69, 9.17) is 5.73 Å². The van der Waals surface area contributed by atoms with Gasteiger partial charge in [0, 0.05) is 18.5 Å². The van der Waals surface area contributed by atoms with Gasteiger partial charge in [0.15, 0.2) is 0 Å². The van der Waals surface area contributed by atoms with Crippen molar-refractivity contribution in [1.82, 2.24) is 9.78 Å². The van der Waals surface area contributed by atoms with Crippen molar-refractivity contribution in [3.05, 3.63) is 29.5 Å². The second-order valence-electron chi connectivity index (χ2n) is 3.49. The summed E-state index contributed by atoms with van der Waals surface area (Å²) in [5.74, 6) is 0. The van der Waals surface area contributed by atoms with Gasteiger partial charge in [-0.2, -0.15) is 5.10 Å². The maximum atomic E-state index is 5.73. The Balaban J connectivity index is 2.74. The maximum Gasteiger partial charge on any atom is 0.0926 e. The zero-order valence-corrected chi connectivity index (χ0v) is 8.62. The molecule has 3 heteroatoms. The first-order chi connectivity index (χ1) is 6.76. The molecular formula is C11H15N3. The van der Waals surface area contributed by atoms with E-state index < -0.39 is 0 Å². The first kappa shape index (κ1) is 9.21. The van der Waals surface area contributed by atoms with Gasteiger partial charge in [0.25, 0.3) is 0 Å². The lowest BCUT2D eigenvalue weighted by atomic mass is 10.1. The predicted octanol–water partition coefficient (Wildman–Crippen LogP) is 1.82. The molecular weight excluding hydrogens is 174 g/mol. The quantitative estimate of drug-likeness (QED) is 0.783. The van der Waals surface area contributed by atoms with Crippen LogP contribution in [0, 0.1) is 6.92 Å². The third kappa shape index (κ3) is 1.30. The molecule has 0 atom stereocenters. The average Bonchev–Trinajstić information content (AvgIpc) is 2.54. The third-order valence-corrected chi connectivity index (χ3v) is 2.50. The van der Waals surface area contributed by atoms with E-state index in [-0.39, 0.29) is 0 Å². The number of hydrogen-bond donors (Lipinski definition) is 1. The van der Waals surface area contributed by atoms with E-state index in [1.54, 1.807) is 0 Å². The number of rotatable bonds is 2. The second kappa shape index (κ2) is 3.42. The van der Waals surface area contributed by atoms with E-state index in [0.29, 0.717) is 6.54 Å². The molecule has 1 aromatic carbocycles. The lowest BCUT2D eigenvalue weighted by molar-refractivity contribution is 0.630. The Bertz CT molecular complexity index is 457. The number of benzene rings is 1. The summed E-state index contributed by atoms with van der Waals surface area (Å²) in [5, 5.41) is 5.67. The molecule has 0 radical (unpaired) electrons. The van der Waals surface area contributed by atoms with E-state index in [1.165, 1.54) is 10.9 Å². The first-order valence-electron chi connectivity index (χ1n) is 4.92. The van der Waals surface area contributed by atoms with Crippen LogP contribution in [0.25, 0.3) is 10.9 Å². The zero-order valence-electron chi connectivity index (χ0n) is 8.62. The van der Waals surface area contributed by atoms with E-state index in [1.807, 2.05) is 4.68 Å². The van der Waals surface area contributed by atoms with Crippen molar-refractivity contribution in [2.75, 3.05) is 0 Å². The van der Waals surface area contributed by atoms with Crippen LogP contribution < -0.4 is 5.73 Å². The van der Waals surface area contributed by atoms with Crippen molar-refractivity contribution in [1.29, 1.82) is 0 Å². The maximum absolute atomic E-state index is 5.73. The van der Waals surface area contributed by atoms with Gasteiger partial charge in [0.1, 0.15) is 0 Å². The van der Waals surface area contributed by atoms with Crippen LogP contribution in [0.15, 0.2) is 18.2 Å². The van der Waals surface area contributed by atoms with E-state index in [0.717, 1.165) is 17.8 Å². The van der Waals surface area contributed by atoms with Crippen LogP contribution >= 0.6 is 0 Å². The minimum absolute atomic E-state index is 0.549. The fraction of sp³-hybridized carbons (Fsp3) is 0.364.